The van der Waals surface area contributed by atoms with E-state index in [2.05, 4.69) is 124 Å². The highest BCUT2D eigenvalue weighted by Crippen LogP contribution is 2.48. The summed E-state index contributed by atoms with van der Waals surface area (Å²) in [6, 6.07) is 23.2. The number of para-hydroxylation sites is 2. The van der Waals surface area contributed by atoms with E-state index in [9.17, 15) is 0 Å². The fraction of sp³-hybridized carbons (Fsp3) is 0.357. The smallest absolute Gasteiger partial charge is 0.209 e. The Morgan fingerprint density at radius 1 is 0.809 bits per heavy atom. The van der Waals surface area contributed by atoms with Gasteiger partial charge in [0.15, 0.2) is 5.71 Å². The van der Waals surface area contributed by atoms with Crippen LogP contribution in [-0.2, 0) is 10.8 Å². The highest BCUT2D eigenvalue weighted by Gasteiger charge is 2.44. The number of fused-ring (bicyclic) bond motifs is 2. The van der Waals surface area contributed by atoms with Gasteiger partial charge in [0.1, 0.15) is 18.1 Å². The Bertz CT molecular complexity index is 1830. The van der Waals surface area contributed by atoms with Crippen molar-refractivity contribution in [3.8, 4) is 5.75 Å². The molecule has 0 saturated heterocycles. The van der Waals surface area contributed by atoms with Crippen LogP contribution < -0.4 is 21.1 Å². The van der Waals surface area contributed by atoms with Gasteiger partial charge in [-0.15, -0.1) is 0 Å². The molecule has 2 aliphatic heterocycles. The van der Waals surface area contributed by atoms with Crippen LogP contribution in [0.4, 0.5) is 22.7 Å². The first-order chi connectivity index (χ1) is 22.6. The minimum Gasteiger partial charge on any atom is -0.457 e. The van der Waals surface area contributed by atoms with Gasteiger partial charge in [0.25, 0.3) is 0 Å². The first kappa shape index (κ1) is 32.4. The third-order valence-electron chi connectivity index (χ3n) is 10.1. The van der Waals surface area contributed by atoms with Crippen LogP contribution in [0.2, 0.25) is 0 Å². The second-order valence-corrected chi connectivity index (χ2v) is 14.2. The SMILES string of the molecule is CCCN1/C(=C/C=C2\CCCC(/C=C/C3=[N+](CCC)c4ccccc4C3(C)C)=C2Oc2ccc(N)c(N)c2)C(C)(C)c2ccccc21. The molecule has 4 N–H and O–H groups in total. The fourth-order valence-electron chi connectivity index (χ4n) is 7.66. The summed E-state index contributed by atoms with van der Waals surface area (Å²) in [7, 11) is 0. The zero-order chi connectivity index (χ0) is 33.3. The van der Waals surface area contributed by atoms with Gasteiger partial charge in [-0.2, -0.15) is 4.58 Å². The summed E-state index contributed by atoms with van der Waals surface area (Å²) in [6.07, 6.45) is 14.4. The van der Waals surface area contributed by atoms with Gasteiger partial charge in [-0.05, 0) is 86.6 Å². The molecular formula is C42H51N4O+. The summed E-state index contributed by atoms with van der Waals surface area (Å²) in [5.74, 6) is 1.62. The highest BCUT2D eigenvalue weighted by atomic mass is 16.5. The second-order valence-electron chi connectivity index (χ2n) is 14.2. The molecular weight excluding hydrogens is 576 g/mol. The molecule has 3 aromatic rings. The first-order valence-electron chi connectivity index (χ1n) is 17.3. The van der Waals surface area contributed by atoms with Crippen molar-refractivity contribution >= 4 is 28.5 Å². The average molecular weight is 628 g/mol. The van der Waals surface area contributed by atoms with Crippen molar-refractivity contribution in [3.63, 3.8) is 0 Å². The van der Waals surface area contributed by atoms with Crippen LogP contribution in [0, 0.1) is 0 Å². The summed E-state index contributed by atoms with van der Waals surface area (Å²) in [5.41, 5.74) is 23.6. The predicted molar refractivity (Wildman–Crippen MR) is 199 cm³/mol. The van der Waals surface area contributed by atoms with E-state index in [1.807, 2.05) is 18.2 Å². The van der Waals surface area contributed by atoms with Gasteiger partial charge >= 0.3 is 0 Å². The molecule has 3 aliphatic rings. The molecule has 0 saturated carbocycles. The molecule has 0 spiro atoms. The maximum Gasteiger partial charge on any atom is 0.209 e. The number of ether oxygens (including phenoxy) is 1. The van der Waals surface area contributed by atoms with E-state index in [-0.39, 0.29) is 10.8 Å². The van der Waals surface area contributed by atoms with Crippen molar-refractivity contribution < 1.29 is 9.31 Å². The number of anilines is 3. The van der Waals surface area contributed by atoms with Crippen LogP contribution in [0.3, 0.4) is 0 Å². The molecule has 47 heavy (non-hydrogen) atoms. The van der Waals surface area contributed by atoms with Gasteiger partial charge in [0, 0.05) is 53.5 Å². The molecule has 6 rings (SSSR count). The van der Waals surface area contributed by atoms with Crippen molar-refractivity contribution in [2.45, 2.75) is 84.5 Å². The van der Waals surface area contributed by atoms with Crippen molar-refractivity contribution in [1.82, 2.24) is 0 Å². The number of allylic oxidation sites excluding steroid dienone is 7. The number of hydrogen-bond donors (Lipinski definition) is 2. The topological polar surface area (TPSA) is 67.5 Å². The van der Waals surface area contributed by atoms with Gasteiger partial charge in [0.2, 0.25) is 5.69 Å². The Morgan fingerprint density at radius 2 is 1.55 bits per heavy atom. The zero-order valence-corrected chi connectivity index (χ0v) is 29.1. The molecule has 0 unspecified atom stereocenters. The molecule has 0 amide bonds. The molecule has 1 aliphatic carbocycles. The van der Waals surface area contributed by atoms with Crippen molar-refractivity contribution in [2.75, 3.05) is 29.5 Å². The van der Waals surface area contributed by atoms with E-state index < -0.39 is 0 Å². The monoisotopic (exact) mass is 627 g/mol. The number of nitrogens with zero attached hydrogens (tertiary/aromatic N) is 2. The maximum atomic E-state index is 6.78. The Hall–Kier alpha value is -4.51. The van der Waals surface area contributed by atoms with E-state index in [0.29, 0.717) is 17.1 Å². The number of nitrogen functional groups attached to an aromatic ring is 2. The lowest BCUT2D eigenvalue weighted by Crippen LogP contribution is -2.28. The van der Waals surface area contributed by atoms with E-state index in [0.717, 1.165) is 51.0 Å². The second kappa shape index (κ2) is 12.9. The number of benzene rings is 3. The quantitative estimate of drug-likeness (QED) is 0.183. The van der Waals surface area contributed by atoms with E-state index in [4.69, 9.17) is 16.2 Å². The summed E-state index contributed by atoms with van der Waals surface area (Å²) in [6.45, 7) is 15.8. The Kier molecular flexibility index (Phi) is 8.93. The van der Waals surface area contributed by atoms with Gasteiger partial charge in [-0.1, -0.05) is 70.2 Å². The minimum atomic E-state index is -0.0984. The van der Waals surface area contributed by atoms with E-state index >= 15 is 0 Å². The lowest BCUT2D eigenvalue weighted by atomic mass is 9.81. The van der Waals surface area contributed by atoms with Gasteiger partial charge in [-0.25, -0.2) is 0 Å². The minimum absolute atomic E-state index is 0.0984. The Morgan fingerprint density at radius 3 is 2.30 bits per heavy atom. The summed E-state index contributed by atoms with van der Waals surface area (Å²) in [5, 5.41) is 0. The van der Waals surface area contributed by atoms with E-state index in [1.165, 1.54) is 45.1 Å². The molecule has 5 heteroatoms. The molecule has 0 aromatic heterocycles. The van der Waals surface area contributed by atoms with Gasteiger partial charge in [-0.3, -0.25) is 0 Å². The van der Waals surface area contributed by atoms with E-state index in [1.54, 1.807) is 0 Å². The first-order valence-corrected chi connectivity index (χ1v) is 17.3. The van der Waals surface area contributed by atoms with Crippen molar-refractivity contribution in [2.24, 2.45) is 0 Å². The third kappa shape index (κ3) is 5.93. The molecule has 0 bridgehead atoms. The molecule has 2 heterocycles. The lowest BCUT2D eigenvalue weighted by molar-refractivity contribution is -0.437. The summed E-state index contributed by atoms with van der Waals surface area (Å²) >= 11 is 0. The average Bonchev–Trinajstić information content (AvgIpc) is 3.40. The van der Waals surface area contributed by atoms with Crippen LogP contribution in [0.1, 0.15) is 84.8 Å². The number of rotatable bonds is 9. The Labute approximate surface area is 281 Å². The number of nitrogens with two attached hydrogens (primary N) is 2. The largest absolute Gasteiger partial charge is 0.457 e. The zero-order valence-electron chi connectivity index (χ0n) is 29.1. The molecule has 0 atom stereocenters. The highest BCUT2D eigenvalue weighted by molar-refractivity contribution is 6.03. The third-order valence-corrected chi connectivity index (χ3v) is 10.1. The predicted octanol–water partition coefficient (Wildman–Crippen LogP) is 9.73. The normalized spacial score (nSPS) is 20.1. The number of hydrogen-bond acceptors (Lipinski definition) is 4. The van der Waals surface area contributed by atoms with Crippen LogP contribution in [0.5, 0.6) is 5.75 Å². The molecule has 3 aromatic carbocycles. The molecule has 5 nitrogen and oxygen atoms in total. The van der Waals surface area contributed by atoms with Crippen LogP contribution in [0.15, 0.2) is 114 Å². The van der Waals surface area contributed by atoms with Gasteiger partial charge < -0.3 is 21.1 Å². The standard InChI is InChI=1S/C42H51N4O/c1-7-26-45-36-18-11-9-16-32(36)41(3,4)38(45)24-20-29-14-13-15-30(40(29)47-31-22-23-34(43)35(44)28-31)21-25-39-42(5,6)33-17-10-12-19-37(33)46(39)27-8-2/h9-12,16-25,28H,7-8,13-15,26-27,43-44H2,1-6H3/q+1. The molecule has 0 radical (unpaired) electrons. The van der Waals surface area contributed by atoms with Crippen molar-refractivity contribution in [3.05, 3.63) is 125 Å². The fourth-order valence-corrected chi connectivity index (χ4v) is 7.66. The van der Waals surface area contributed by atoms with Crippen LogP contribution >= 0.6 is 0 Å². The Balaban J connectivity index is 1.46. The van der Waals surface area contributed by atoms with Crippen molar-refractivity contribution in [1.29, 1.82) is 0 Å². The molecule has 244 valence electrons. The van der Waals surface area contributed by atoms with Crippen LogP contribution in [-0.4, -0.2) is 23.4 Å². The summed E-state index contributed by atoms with van der Waals surface area (Å²) < 4.78 is 9.28. The lowest BCUT2D eigenvalue weighted by Gasteiger charge is -2.27. The van der Waals surface area contributed by atoms with Crippen LogP contribution in [0.25, 0.3) is 0 Å². The maximum absolute atomic E-state index is 6.78. The van der Waals surface area contributed by atoms with Gasteiger partial charge in [0.05, 0.1) is 16.8 Å². The summed E-state index contributed by atoms with van der Waals surface area (Å²) in [4.78, 5) is 2.50. The molecule has 0 fully saturated rings.